The van der Waals surface area contributed by atoms with E-state index in [4.69, 9.17) is 0 Å². The fourth-order valence-electron chi connectivity index (χ4n) is 2.72. The van der Waals surface area contributed by atoms with E-state index < -0.39 is 0 Å². The van der Waals surface area contributed by atoms with E-state index in [-0.39, 0.29) is 0 Å². The predicted molar refractivity (Wildman–Crippen MR) is 79.3 cm³/mol. The summed E-state index contributed by atoms with van der Waals surface area (Å²) in [7, 11) is 0. The molecule has 19 heavy (non-hydrogen) atoms. The second-order valence-corrected chi connectivity index (χ2v) is 5.52. The average Bonchev–Trinajstić information content (AvgIpc) is 2.45. The fourth-order valence-corrected chi connectivity index (χ4v) is 2.72. The maximum atomic E-state index is 9.26. The number of benzene rings is 1. The fraction of sp³-hybridized carbons (Fsp3) is 0.562. The summed E-state index contributed by atoms with van der Waals surface area (Å²) in [5.74, 6) is 0. The molecule has 0 aliphatic carbocycles. The van der Waals surface area contributed by atoms with Crippen LogP contribution < -0.4 is 10.2 Å². The standard InChI is InChI=1S/C16H23N3/c1-13(2)19(12-15-8-5-6-10-18-15)16-9-4-3-7-14(16)11-17/h3-4,7,9,13,15,18H,5-6,8,10,12H2,1-2H3. The number of nitrogens with one attached hydrogen (secondary N) is 1. The van der Waals surface area contributed by atoms with Crippen LogP contribution in [0.15, 0.2) is 24.3 Å². The van der Waals surface area contributed by atoms with Crippen molar-refractivity contribution in [1.82, 2.24) is 5.32 Å². The van der Waals surface area contributed by atoms with Crippen molar-refractivity contribution in [2.24, 2.45) is 0 Å². The van der Waals surface area contributed by atoms with Crippen molar-refractivity contribution in [3.63, 3.8) is 0 Å². The number of piperidine rings is 1. The van der Waals surface area contributed by atoms with Crippen LogP contribution in [0.25, 0.3) is 0 Å². The number of nitriles is 1. The van der Waals surface area contributed by atoms with Crippen molar-refractivity contribution in [2.45, 2.75) is 45.2 Å². The van der Waals surface area contributed by atoms with E-state index in [0.717, 1.165) is 24.3 Å². The molecule has 1 atom stereocenters. The smallest absolute Gasteiger partial charge is 0.101 e. The van der Waals surface area contributed by atoms with Crippen LogP contribution in [0.4, 0.5) is 5.69 Å². The molecule has 2 rings (SSSR count). The first kappa shape index (κ1) is 13.9. The van der Waals surface area contributed by atoms with E-state index in [2.05, 4.69) is 36.2 Å². The lowest BCUT2D eigenvalue weighted by molar-refractivity contribution is 0.393. The monoisotopic (exact) mass is 257 g/mol. The molecule has 1 aliphatic rings. The maximum absolute atomic E-state index is 9.26. The zero-order valence-corrected chi connectivity index (χ0v) is 11.9. The molecule has 0 saturated carbocycles. The quantitative estimate of drug-likeness (QED) is 0.901. The molecule has 1 aliphatic heterocycles. The highest BCUT2D eigenvalue weighted by molar-refractivity contribution is 5.59. The van der Waals surface area contributed by atoms with Crippen molar-refractivity contribution in [2.75, 3.05) is 18.0 Å². The lowest BCUT2D eigenvalue weighted by Gasteiger charge is -2.35. The third kappa shape index (κ3) is 3.48. The predicted octanol–water partition coefficient (Wildman–Crippen LogP) is 2.92. The molecule has 0 bridgehead atoms. The Morgan fingerprint density at radius 1 is 1.37 bits per heavy atom. The molecule has 1 N–H and O–H groups in total. The van der Waals surface area contributed by atoms with Gasteiger partial charge in [-0.25, -0.2) is 0 Å². The van der Waals surface area contributed by atoms with Crippen molar-refractivity contribution in [3.05, 3.63) is 29.8 Å². The van der Waals surface area contributed by atoms with Crippen LogP contribution in [-0.2, 0) is 0 Å². The van der Waals surface area contributed by atoms with Gasteiger partial charge < -0.3 is 10.2 Å². The largest absolute Gasteiger partial charge is 0.366 e. The van der Waals surface area contributed by atoms with Crippen LogP contribution in [0.1, 0.15) is 38.7 Å². The summed E-state index contributed by atoms with van der Waals surface area (Å²) in [6, 6.07) is 11.2. The molecule has 1 aromatic rings. The average molecular weight is 257 g/mol. The first-order valence-corrected chi connectivity index (χ1v) is 7.21. The van der Waals surface area contributed by atoms with Crippen molar-refractivity contribution >= 4 is 5.69 Å². The molecule has 1 saturated heterocycles. The van der Waals surface area contributed by atoms with Gasteiger partial charge in [-0.1, -0.05) is 18.6 Å². The van der Waals surface area contributed by atoms with Crippen LogP contribution >= 0.6 is 0 Å². The summed E-state index contributed by atoms with van der Waals surface area (Å²) in [5.41, 5.74) is 1.83. The summed E-state index contributed by atoms with van der Waals surface area (Å²) >= 11 is 0. The summed E-state index contributed by atoms with van der Waals surface area (Å²) in [5, 5.41) is 12.8. The molecular formula is C16H23N3. The van der Waals surface area contributed by atoms with Gasteiger partial charge in [-0.2, -0.15) is 5.26 Å². The van der Waals surface area contributed by atoms with Crippen molar-refractivity contribution in [3.8, 4) is 6.07 Å². The van der Waals surface area contributed by atoms with Crippen molar-refractivity contribution < 1.29 is 0 Å². The number of para-hydroxylation sites is 1. The van der Waals surface area contributed by atoms with Crippen LogP contribution in [0.5, 0.6) is 0 Å². The van der Waals surface area contributed by atoms with Gasteiger partial charge in [0.15, 0.2) is 0 Å². The molecule has 0 radical (unpaired) electrons. The van der Waals surface area contributed by atoms with Gasteiger partial charge in [-0.05, 0) is 45.4 Å². The minimum atomic E-state index is 0.401. The summed E-state index contributed by atoms with van der Waals surface area (Å²) in [6.07, 6.45) is 3.83. The lowest BCUT2D eigenvalue weighted by Crippen LogP contribution is -2.46. The Morgan fingerprint density at radius 3 is 2.79 bits per heavy atom. The number of anilines is 1. The molecule has 3 heteroatoms. The first-order valence-electron chi connectivity index (χ1n) is 7.21. The van der Waals surface area contributed by atoms with Gasteiger partial charge in [0.05, 0.1) is 11.3 Å². The Hall–Kier alpha value is -1.53. The Balaban J connectivity index is 2.17. The summed E-state index contributed by atoms with van der Waals surface area (Å²) in [6.45, 7) is 6.49. The number of hydrogen-bond donors (Lipinski definition) is 1. The minimum absolute atomic E-state index is 0.401. The molecule has 1 fully saturated rings. The number of hydrogen-bond acceptors (Lipinski definition) is 3. The van der Waals surface area contributed by atoms with Crippen LogP contribution in [-0.4, -0.2) is 25.2 Å². The topological polar surface area (TPSA) is 39.1 Å². The third-order valence-corrected chi connectivity index (χ3v) is 3.79. The van der Waals surface area contributed by atoms with Crippen molar-refractivity contribution in [1.29, 1.82) is 5.26 Å². The van der Waals surface area contributed by atoms with Gasteiger partial charge in [0.25, 0.3) is 0 Å². The summed E-state index contributed by atoms with van der Waals surface area (Å²) < 4.78 is 0. The van der Waals surface area contributed by atoms with Crippen LogP contribution in [0.3, 0.4) is 0 Å². The molecule has 3 nitrogen and oxygen atoms in total. The van der Waals surface area contributed by atoms with Gasteiger partial charge in [-0.15, -0.1) is 0 Å². The zero-order valence-electron chi connectivity index (χ0n) is 11.9. The van der Waals surface area contributed by atoms with Gasteiger partial charge in [0.2, 0.25) is 0 Å². The Bertz CT molecular complexity index is 442. The zero-order chi connectivity index (χ0) is 13.7. The number of rotatable bonds is 4. The molecule has 0 aromatic heterocycles. The van der Waals surface area contributed by atoms with Gasteiger partial charge >= 0.3 is 0 Å². The molecular weight excluding hydrogens is 234 g/mol. The van der Waals surface area contributed by atoms with E-state index >= 15 is 0 Å². The highest BCUT2D eigenvalue weighted by atomic mass is 15.2. The van der Waals surface area contributed by atoms with E-state index in [9.17, 15) is 5.26 Å². The highest BCUT2D eigenvalue weighted by Crippen LogP contribution is 2.23. The van der Waals surface area contributed by atoms with Gasteiger partial charge in [-0.3, -0.25) is 0 Å². The Morgan fingerprint density at radius 2 is 2.16 bits per heavy atom. The molecule has 102 valence electrons. The highest BCUT2D eigenvalue weighted by Gasteiger charge is 2.20. The van der Waals surface area contributed by atoms with Gasteiger partial charge in [0, 0.05) is 18.6 Å². The van der Waals surface area contributed by atoms with Crippen LogP contribution in [0.2, 0.25) is 0 Å². The second kappa shape index (κ2) is 6.58. The molecule has 1 heterocycles. The maximum Gasteiger partial charge on any atom is 0.101 e. The van der Waals surface area contributed by atoms with E-state index in [1.807, 2.05) is 18.2 Å². The van der Waals surface area contributed by atoms with E-state index in [1.165, 1.54) is 19.3 Å². The molecule has 1 aromatic carbocycles. The lowest BCUT2D eigenvalue weighted by atomic mass is 10.0. The SMILES string of the molecule is CC(C)N(CC1CCCCN1)c1ccccc1C#N. The molecule has 0 amide bonds. The molecule has 1 unspecified atom stereocenters. The first-order chi connectivity index (χ1) is 9.22. The third-order valence-electron chi connectivity index (χ3n) is 3.79. The van der Waals surface area contributed by atoms with Crippen LogP contribution in [0, 0.1) is 11.3 Å². The molecule has 0 spiro atoms. The van der Waals surface area contributed by atoms with E-state index in [1.54, 1.807) is 0 Å². The summed E-state index contributed by atoms with van der Waals surface area (Å²) in [4.78, 5) is 2.35. The Kier molecular flexibility index (Phi) is 4.81. The normalized spacial score (nSPS) is 19.2. The second-order valence-electron chi connectivity index (χ2n) is 5.52. The van der Waals surface area contributed by atoms with Gasteiger partial charge in [0.1, 0.15) is 6.07 Å². The number of nitrogens with zero attached hydrogens (tertiary/aromatic N) is 2. The Labute approximate surface area is 116 Å². The minimum Gasteiger partial charge on any atom is -0.366 e. The van der Waals surface area contributed by atoms with E-state index in [0.29, 0.717) is 12.1 Å².